The predicted molar refractivity (Wildman–Crippen MR) is 101 cm³/mol. The van der Waals surface area contributed by atoms with Crippen molar-refractivity contribution < 1.29 is 13.2 Å². The number of likely N-dealkylation sites (N-methyl/N-ethyl adjacent to an activating group) is 1. The Bertz CT molecular complexity index is 815. The lowest BCUT2D eigenvalue weighted by molar-refractivity contribution is -0.135. The van der Waals surface area contributed by atoms with Crippen molar-refractivity contribution in [3.8, 4) is 0 Å². The summed E-state index contributed by atoms with van der Waals surface area (Å²) in [5, 5.41) is 1.76. The van der Waals surface area contributed by atoms with Gasteiger partial charge in [0.15, 0.2) is 0 Å². The zero-order valence-corrected chi connectivity index (χ0v) is 16.4. The van der Waals surface area contributed by atoms with Crippen LogP contribution in [-0.4, -0.2) is 55.2 Å². The largest absolute Gasteiger partial charge is 0.345 e. The summed E-state index contributed by atoms with van der Waals surface area (Å²) in [6.07, 6.45) is 5.43. The van der Waals surface area contributed by atoms with Crippen molar-refractivity contribution in [1.82, 2.24) is 14.2 Å². The second kappa shape index (κ2) is 8.28. The van der Waals surface area contributed by atoms with E-state index in [2.05, 4.69) is 4.98 Å². The zero-order valence-electron chi connectivity index (χ0n) is 14.7. The van der Waals surface area contributed by atoms with Crippen molar-refractivity contribution in [3.63, 3.8) is 0 Å². The normalized spacial score (nSPS) is 16.5. The molecule has 0 saturated carbocycles. The molecule has 3 heterocycles. The maximum atomic E-state index is 12.7. The van der Waals surface area contributed by atoms with E-state index in [0.717, 1.165) is 12.0 Å². The molecular weight excluding hydrogens is 370 g/mol. The van der Waals surface area contributed by atoms with E-state index in [1.165, 1.54) is 15.6 Å². The molecule has 6 nitrogen and oxygen atoms in total. The molecule has 8 heteroatoms. The maximum absolute atomic E-state index is 12.7. The number of aromatic nitrogens is 1. The Morgan fingerprint density at radius 3 is 2.58 bits per heavy atom. The third kappa shape index (κ3) is 4.31. The molecule has 1 aliphatic heterocycles. The van der Waals surface area contributed by atoms with Gasteiger partial charge in [-0.2, -0.15) is 4.31 Å². The molecule has 0 aliphatic carbocycles. The number of nitrogens with zero attached hydrogens (tertiary/aromatic N) is 3. The van der Waals surface area contributed by atoms with E-state index in [9.17, 15) is 13.2 Å². The summed E-state index contributed by atoms with van der Waals surface area (Å²) < 4.78 is 27.0. The molecule has 1 aliphatic rings. The lowest BCUT2D eigenvalue weighted by atomic mass is 9.96. The number of carbonyl (C=O) groups is 1. The average molecular weight is 394 g/mol. The van der Waals surface area contributed by atoms with Crippen LogP contribution in [0.25, 0.3) is 0 Å². The quantitative estimate of drug-likeness (QED) is 0.755. The second-order valence-corrected chi connectivity index (χ2v) is 9.59. The average Bonchev–Trinajstić information content (AvgIpc) is 3.22. The molecule has 0 unspecified atom stereocenters. The number of piperidine rings is 1. The molecule has 0 spiro atoms. The summed E-state index contributed by atoms with van der Waals surface area (Å²) in [6.45, 7) is 1.44. The highest BCUT2D eigenvalue weighted by atomic mass is 32.2. The van der Waals surface area contributed by atoms with Crippen LogP contribution < -0.4 is 0 Å². The molecule has 0 N–H and O–H groups in total. The number of sulfonamides is 1. The maximum Gasteiger partial charge on any atom is 0.252 e. The van der Waals surface area contributed by atoms with Gasteiger partial charge in [0.1, 0.15) is 4.21 Å². The SMILES string of the molecule is CN(CCc1ccncc1)C(=O)C1CCN(S(=O)(=O)c2cccs2)CC1. The first-order valence-electron chi connectivity index (χ1n) is 8.66. The lowest BCUT2D eigenvalue weighted by Crippen LogP contribution is -2.43. The molecule has 0 atom stereocenters. The first-order valence-corrected chi connectivity index (χ1v) is 11.0. The van der Waals surface area contributed by atoms with Gasteiger partial charge in [-0.3, -0.25) is 9.78 Å². The van der Waals surface area contributed by atoms with E-state index in [0.29, 0.717) is 36.7 Å². The van der Waals surface area contributed by atoms with Crippen LogP contribution in [0.4, 0.5) is 0 Å². The zero-order chi connectivity index (χ0) is 18.6. The highest BCUT2D eigenvalue weighted by molar-refractivity contribution is 7.91. The number of rotatable bonds is 6. The Labute approximate surface area is 158 Å². The number of hydrogen-bond acceptors (Lipinski definition) is 5. The van der Waals surface area contributed by atoms with Gasteiger partial charge >= 0.3 is 0 Å². The Kier molecular flexibility index (Phi) is 6.05. The minimum Gasteiger partial charge on any atom is -0.345 e. The number of amides is 1. The van der Waals surface area contributed by atoms with Crippen molar-refractivity contribution in [2.45, 2.75) is 23.5 Å². The smallest absolute Gasteiger partial charge is 0.252 e. The standard InChI is InChI=1S/C18H23N3O3S2/c1-20(11-6-15-4-9-19-10-5-15)18(22)16-7-12-21(13-8-16)26(23,24)17-3-2-14-25-17/h2-5,9-10,14,16H,6-8,11-13H2,1H3. The number of pyridine rings is 1. The topological polar surface area (TPSA) is 70.6 Å². The molecule has 0 bridgehead atoms. The van der Waals surface area contributed by atoms with E-state index in [1.807, 2.05) is 19.2 Å². The fraction of sp³-hybridized carbons (Fsp3) is 0.444. The van der Waals surface area contributed by atoms with Gasteiger partial charge in [-0.1, -0.05) is 6.07 Å². The van der Waals surface area contributed by atoms with Gasteiger partial charge in [-0.05, 0) is 48.4 Å². The van der Waals surface area contributed by atoms with E-state index >= 15 is 0 Å². The van der Waals surface area contributed by atoms with Crippen LogP contribution in [0.2, 0.25) is 0 Å². The lowest BCUT2D eigenvalue weighted by Gasteiger charge is -2.32. The van der Waals surface area contributed by atoms with Gasteiger partial charge in [-0.25, -0.2) is 8.42 Å². The van der Waals surface area contributed by atoms with Crippen LogP contribution in [-0.2, 0) is 21.2 Å². The summed E-state index contributed by atoms with van der Waals surface area (Å²) >= 11 is 1.23. The molecule has 1 saturated heterocycles. The Hall–Kier alpha value is -1.77. The van der Waals surface area contributed by atoms with Crippen LogP contribution in [0.1, 0.15) is 18.4 Å². The second-order valence-electron chi connectivity index (χ2n) is 6.48. The number of hydrogen-bond donors (Lipinski definition) is 0. The van der Waals surface area contributed by atoms with Gasteiger partial charge in [0.25, 0.3) is 10.0 Å². The van der Waals surface area contributed by atoms with Crippen molar-refractivity contribution in [2.24, 2.45) is 5.92 Å². The molecule has 2 aromatic rings. The van der Waals surface area contributed by atoms with Gasteiger partial charge in [-0.15, -0.1) is 11.3 Å². The monoisotopic (exact) mass is 393 g/mol. The van der Waals surface area contributed by atoms with E-state index in [4.69, 9.17) is 0 Å². The van der Waals surface area contributed by atoms with Gasteiger partial charge in [0.2, 0.25) is 5.91 Å². The predicted octanol–water partition coefficient (Wildman–Crippen LogP) is 2.24. The first kappa shape index (κ1) is 19.0. The van der Waals surface area contributed by atoms with E-state index < -0.39 is 10.0 Å². The first-order chi connectivity index (χ1) is 12.5. The Balaban J connectivity index is 1.52. The molecular formula is C18H23N3O3S2. The Morgan fingerprint density at radius 2 is 1.96 bits per heavy atom. The van der Waals surface area contributed by atoms with E-state index in [-0.39, 0.29) is 11.8 Å². The van der Waals surface area contributed by atoms with E-state index in [1.54, 1.807) is 34.8 Å². The summed E-state index contributed by atoms with van der Waals surface area (Å²) in [5.41, 5.74) is 1.15. The Morgan fingerprint density at radius 1 is 1.27 bits per heavy atom. The van der Waals surface area contributed by atoms with Crippen LogP contribution >= 0.6 is 11.3 Å². The number of carbonyl (C=O) groups excluding carboxylic acids is 1. The summed E-state index contributed by atoms with van der Waals surface area (Å²) in [5.74, 6) is -0.000506. The molecule has 1 fully saturated rings. The van der Waals surface area contributed by atoms with Gasteiger partial charge in [0.05, 0.1) is 0 Å². The molecule has 1 amide bonds. The third-order valence-electron chi connectivity index (χ3n) is 4.75. The summed E-state index contributed by atoms with van der Waals surface area (Å²) in [4.78, 5) is 18.4. The fourth-order valence-corrected chi connectivity index (χ4v) is 5.76. The van der Waals surface area contributed by atoms with Crippen LogP contribution in [0.3, 0.4) is 0 Å². The minimum atomic E-state index is -3.41. The molecule has 3 rings (SSSR count). The molecule has 2 aromatic heterocycles. The molecule has 0 aromatic carbocycles. The van der Waals surface area contributed by atoms with Crippen LogP contribution in [0.5, 0.6) is 0 Å². The molecule has 0 radical (unpaired) electrons. The van der Waals surface area contributed by atoms with Crippen LogP contribution in [0.15, 0.2) is 46.2 Å². The highest BCUT2D eigenvalue weighted by Gasteiger charge is 2.33. The van der Waals surface area contributed by atoms with Crippen LogP contribution in [0, 0.1) is 5.92 Å². The van der Waals surface area contributed by atoms with Crippen molar-refractivity contribution in [2.75, 3.05) is 26.7 Å². The minimum absolute atomic E-state index is 0.104. The summed E-state index contributed by atoms with van der Waals surface area (Å²) in [7, 11) is -1.60. The third-order valence-corrected chi connectivity index (χ3v) is 8.03. The van der Waals surface area contributed by atoms with Gasteiger partial charge < -0.3 is 4.90 Å². The van der Waals surface area contributed by atoms with Gasteiger partial charge in [0, 0.05) is 45.0 Å². The van der Waals surface area contributed by atoms with Crippen molar-refractivity contribution in [1.29, 1.82) is 0 Å². The van der Waals surface area contributed by atoms with Crippen molar-refractivity contribution in [3.05, 3.63) is 47.6 Å². The summed E-state index contributed by atoms with van der Waals surface area (Å²) in [6, 6.07) is 7.27. The fourth-order valence-electron chi connectivity index (χ4n) is 3.15. The molecule has 26 heavy (non-hydrogen) atoms. The highest BCUT2D eigenvalue weighted by Crippen LogP contribution is 2.27. The number of thiophene rings is 1. The van der Waals surface area contributed by atoms with Crippen molar-refractivity contribution >= 4 is 27.3 Å². The molecule has 140 valence electrons.